The van der Waals surface area contributed by atoms with Crippen LogP contribution in [0.3, 0.4) is 0 Å². The van der Waals surface area contributed by atoms with Gasteiger partial charge in [-0.25, -0.2) is 14.5 Å². The summed E-state index contributed by atoms with van der Waals surface area (Å²) in [6.07, 6.45) is 2.74. The average molecular weight is 441 g/mol. The predicted molar refractivity (Wildman–Crippen MR) is 129 cm³/mol. The first-order chi connectivity index (χ1) is 16.0. The Morgan fingerprint density at radius 2 is 1.67 bits per heavy atom. The van der Waals surface area contributed by atoms with Crippen molar-refractivity contribution in [2.24, 2.45) is 0 Å². The zero-order chi connectivity index (χ0) is 22.9. The molecule has 1 fully saturated rings. The van der Waals surface area contributed by atoms with Crippen molar-refractivity contribution in [1.82, 2.24) is 24.5 Å². The van der Waals surface area contributed by atoms with Crippen LogP contribution in [0.2, 0.25) is 0 Å². The second-order valence-corrected chi connectivity index (χ2v) is 8.69. The summed E-state index contributed by atoms with van der Waals surface area (Å²) in [6.45, 7) is 8.18. The van der Waals surface area contributed by atoms with E-state index in [1.165, 1.54) is 0 Å². The lowest BCUT2D eigenvalue weighted by Crippen LogP contribution is -2.40. The summed E-state index contributed by atoms with van der Waals surface area (Å²) in [7, 11) is 0. The normalized spacial score (nSPS) is 16.8. The number of nitrogens with zero attached hydrogens (tertiary/aromatic N) is 6. The molecule has 0 N–H and O–H groups in total. The molecule has 1 aliphatic rings. The van der Waals surface area contributed by atoms with Crippen LogP contribution in [-0.2, 0) is 0 Å². The molecule has 0 spiro atoms. The van der Waals surface area contributed by atoms with E-state index in [1.807, 2.05) is 79.5 Å². The van der Waals surface area contributed by atoms with Gasteiger partial charge < -0.3 is 9.80 Å². The molecule has 7 nitrogen and oxygen atoms in total. The fraction of sp³-hybridized carbons (Fsp3) is 0.308. The number of fused-ring (bicyclic) bond motifs is 1. The van der Waals surface area contributed by atoms with Crippen LogP contribution in [0.4, 0.5) is 5.95 Å². The van der Waals surface area contributed by atoms with Crippen molar-refractivity contribution in [3.63, 3.8) is 0 Å². The Morgan fingerprint density at radius 3 is 2.42 bits per heavy atom. The maximum atomic E-state index is 13.9. The zero-order valence-electron chi connectivity index (χ0n) is 19.3. The van der Waals surface area contributed by atoms with Gasteiger partial charge in [-0.05, 0) is 51.0 Å². The standard InChI is InChI=1S/C26H28N6O/c1-18-17-19(2)28-26(27-18)30-14-12-20(3)31(16-15-30)25(33)24-23(21-9-5-4-6-10-21)22-11-7-8-13-32(22)29-24/h4-11,13,17,20H,12,14-16H2,1-3H3/t20-/m1/s1. The van der Waals surface area contributed by atoms with E-state index in [4.69, 9.17) is 5.10 Å². The van der Waals surface area contributed by atoms with E-state index in [-0.39, 0.29) is 11.9 Å². The van der Waals surface area contributed by atoms with Crippen LogP contribution < -0.4 is 4.90 Å². The molecule has 1 saturated heterocycles. The van der Waals surface area contributed by atoms with Crippen molar-refractivity contribution in [2.75, 3.05) is 24.5 Å². The summed E-state index contributed by atoms with van der Waals surface area (Å²) >= 11 is 0. The van der Waals surface area contributed by atoms with Gasteiger partial charge in [0.1, 0.15) is 0 Å². The number of pyridine rings is 1. The second kappa shape index (κ2) is 8.65. The predicted octanol–water partition coefficient (Wildman–Crippen LogP) is 4.15. The van der Waals surface area contributed by atoms with E-state index in [0.717, 1.165) is 46.9 Å². The molecule has 168 valence electrons. The van der Waals surface area contributed by atoms with E-state index < -0.39 is 0 Å². The molecule has 0 radical (unpaired) electrons. The highest BCUT2D eigenvalue weighted by Gasteiger charge is 2.30. The Bertz CT molecular complexity index is 1280. The minimum absolute atomic E-state index is 0.0340. The molecule has 1 aliphatic heterocycles. The molecule has 0 aliphatic carbocycles. The molecule has 3 aromatic heterocycles. The van der Waals surface area contributed by atoms with Crippen molar-refractivity contribution in [3.05, 3.63) is 77.9 Å². The van der Waals surface area contributed by atoms with Gasteiger partial charge in [0.05, 0.1) is 5.52 Å². The lowest BCUT2D eigenvalue weighted by atomic mass is 10.0. The first-order valence-electron chi connectivity index (χ1n) is 11.4. The van der Waals surface area contributed by atoms with Gasteiger partial charge in [-0.2, -0.15) is 5.10 Å². The third-order valence-corrected chi connectivity index (χ3v) is 6.28. The Kier molecular flexibility index (Phi) is 5.54. The number of anilines is 1. The molecule has 4 heterocycles. The molecule has 5 rings (SSSR count). The molecule has 33 heavy (non-hydrogen) atoms. The van der Waals surface area contributed by atoms with Crippen LogP contribution in [0.15, 0.2) is 60.8 Å². The number of hydrogen-bond acceptors (Lipinski definition) is 5. The maximum absolute atomic E-state index is 13.9. The lowest BCUT2D eigenvalue weighted by Gasteiger charge is -2.26. The summed E-state index contributed by atoms with van der Waals surface area (Å²) in [5.41, 5.74) is 5.22. The van der Waals surface area contributed by atoms with Crippen molar-refractivity contribution >= 4 is 17.4 Å². The molecular formula is C26H28N6O. The van der Waals surface area contributed by atoms with Crippen LogP contribution in [0.1, 0.15) is 35.2 Å². The number of amides is 1. The Hall–Kier alpha value is -3.74. The third-order valence-electron chi connectivity index (χ3n) is 6.28. The minimum Gasteiger partial charge on any atom is -0.339 e. The highest BCUT2D eigenvalue weighted by Crippen LogP contribution is 2.30. The number of rotatable bonds is 3. The molecule has 1 atom stereocenters. The first kappa shape index (κ1) is 21.1. The summed E-state index contributed by atoms with van der Waals surface area (Å²) in [4.78, 5) is 27.3. The van der Waals surface area contributed by atoms with Gasteiger partial charge in [0.15, 0.2) is 5.69 Å². The molecule has 1 amide bonds. The summed E-state index contributed by atoms with van der Waals surface area (Å²) in [5, 5.41) is 4.72. The van der Waals surface area contributed by atoms with Crippen molar-refractivity contribution < 1.29 is 4.79 Å². The SMILES string of the molecule is Cc1cc(C)nc(N2CC[C@@H](C)N(C(=O)c3nn4ccccc4c3-c3ccccc3)CC2)n1. The Balaban J connectivity index is 1.48. The van der Waals surface area contributed by atoms with Gasteiger partial charge in [0.25, 0.3) is 5.91 Å². The van der Waals surface area contributed by atoms with Gasteiger partial charge in [-0.15, -0.1) is 0 Å². The van der Waals surface area contributed by atoms with Crippen LogP contribution in [0, 0.1) is 13.8 Å². The van der Waals surface area contributed by atoms with E-state index >= 15 is 0 Å². The van der Waals surface area contributed by atoms with Crippen LogP contribution in [0.25, 0.3) is 16.6 Å². The fourth-order valence-corrected chi connectivity index (χ4v) is 4.58. The van der Waals surface area contributed by atoms with Crippen molar-refractivity contribution in [2.45, 2.75) is 33.2 Å². The fourth-order valence-electron chi connectivity index (χ4n) is 4.58. The summed E-state index contributed by atoms with van der Waals surface area (Å²) < 4.78 is 1.80. The molecule has 7 heteroatoms. The average Bonchev–Trinajstić information content (AvgIpc) is 3.09. The van der Waals surface area contributed by atoms with E-state index in [0.29, 0.717) is 18.8 Å². The van der Waals surface area contributed by atoms with Crippen LogP contribution in [0.5, 0.6) is 0 Å². The van der Waals surface area contributed by atoms with E-state index in [1.54, 1.807) is 4.52 Å². The number of carbonyl (C=O) groups excluding carboxylic acids is 1. The number of hydrogen-bond donors (Lipinski definition) is 0. The lowest BCUT2D eigenvalue weighted by molar-refractivity contribution is 0.0699. The van der Waals surface area contributed by atoms with Crippen molar-refractivity contribution in [1.29, 1.82) is 0 Å². The highest BCUT2D eigenvalue weighted by molar-refractivity contribution is 6.03. The maximum Gasteiger partial charge on any atom is 0.275 e. The minimum atomic E-state index is -0.0340. The van der Waals surface area contributed by atoms with Gasteiger partial charge in [-0.1, -0.05) is 36.4 Å². The Morgan fingerprint density at radius 1 is 0.939 bits per heavy atom. The van der Waals surface area contributed by atoms with Gasteiger partial charge in [-0.3, -0.25) is 4.79 Å². The molecule has 0 bridgehead atoms. The number of benzene rings is 1. The third kappa shape index (κ3) is 4.06. The Labute approximate surface area is 193 Å². The van der Waals surface area contributed by atoms with Gasteiger partial charge >= 0.3 is 0 Å². The zero-order valence-corrected chi connectivity index (χ0v) is 19.3. The molecule has 0 saturated carbocycles. The van der Waals surface area contributed by atoms with Gasteiger partial charge in [0.2, 0.25) is 5.95 Å². The molecule has 0 unspecified atom stereocenters. The quantitative estimate of drug-likeness (QED) is 0.479. The van der Waals surface area contributed by atoms with E-state index in [9.17, 15) is 4.79 Å². The van der Waals surface area contributed by atoms with Crippen molar-refractivity contribution in [3.8, 4) is 11.1 Å². The van der Waals surface area contributed by atoms with E-state index in [2.05, 4.69) is 21.8 Å². The number of aryl methyl sites for hydroxylation is 2. The number of carbonyl (C=O) groups is 1. The summed E-state index contributed by atoms with van der Waals surface area (Å²) in [5.74, 6) is 0.708. The first-order valence-corrected chi connectivity index (χ1v) is 11.4. The number of aromatic nitrogens is 4. The molecule has 4 aromatic rings. The molecular weight excluding hydrogens is 412 g/mol. The molecule has 1 aromatic carbocycles. The smallest absolute Gasteiger partial charge is 0.275 e. The van der Waals surface area contributed by atoms with Crippen LogP contribution >= 0.6 is 0 Å². The van der Waals surface area contributed by atoms with Gasteiger partial charge in [0, 0.05) is 48.8 Å². The van der Waals surface area contributed by atoms with Crippen LogP contribution in [-0.4, -0.2) is 56.1 Å². The monoisotopic (exact) mass is 440 g/mol. The topological polar surface area (TPSA) is 66.6 Å². The second-order valence-electron chi connectivity index (χ2n) is 8.69. The largest absolute Gasteiger partial charge is 0.339 e. The summed E-state index contributed by atoms with van der Waals surface area (Å²) in [6, 6.07) is 18.0. The highest BCUT2D eigenvalue weighted by atomic mass is 16.2.